The summed E-state index contributed by atoms with van der Waals surface area (Å²) in [5, 5.41) is 0. The van der Waals surface area contributed by atoms with Crippen LogP contribution in [0.15, 0.2) is 116 Å². The van der Waals surface area contributed by atoms with Crippen molar-refractivity contribution in [3.05, 3.63) is 127 Å². The Hall–Kier alpha value is -3.12. The number of aryl methyl sites for hydroxylation is 1. The molecule has 0 spiro atoms. The van der Waals surface area contributed by atoms with E-state index in [0.29, 0.717) is 0 Å². The van der Waals surface area contributed by atoms with Crippen LogP contribution in [0.25, 0.3) is 16.7 Å². The molecule has 0 N–H and O–H groups in total. The van der Waals surface area contributed by atoms with Gasteiger partial charge >= 0.3 is 0 Å². The van der Waals surface area contributed by atoms with Gasteiger partial charge in [0.05, 0.1) is 0 Å². The zero-order valence-electron chi connectivity index (χ0n) is 14.7. The number of rotatable bonds is 4. The summed E-state index contributed by atoms with van der Waals surface area (Å²) in [6.07, 6.45) is 5.58. The van der Waals surface area contributed by atoms with Crippen LogP contribution in [0.5, 0.6) is 0 Å². The third kappa shape index (κ3) is 5.78. The first-order valence-corrected chi connectivity index (χ1v) is 8.37. The molecule has 0 radical (unpaired) electrons. The Morgan fingerprint density at radius 1 is 0.720 bits per heavy atom. The van der Waals surface area contributed by atoms with Crippen molar-refractivity contribution in [1.82, 2.24) is 0 Å². The average Bonchev–Trinajstić information content (AvgIpc) is 2.68. The lowest BCUT2D eigenvalue weighted by molar-refractivity contribution is 1.45. The highest BCUT2D eigenvalue weighted by Crippen LogP contribution is 2.17. The molecule has 0 saturated carbocycles. The van der Waals surface area contributed by atoms with Crippen LogP contribution in [0, 0.1) is 6.92 Å². The van der Waals surface area contributed by atoms with Crippen LogP contribution in [0.3, 0.4) is 0 Å². The van der Waals surface area contributed by atoms with E-state index >= 15 is 0 Å². The minimum Gasteiger partial charge on any atom is -0.0990 e. The smallest absolute Gasteiger partial charge is 0.0182 e. The summed E-state index contributed by atoms with van der Waals surface area (Å²) in [7, 11) is 0. The SMILES string of the molecule is C=C/C=C(\C=C)c1cccc(C)c1.c1ccc(-c2ccccc2)cc1. The van der Waals surface area contributed by atoms with Gasteiger partial charge in [0, 0.05) is 0 Å². The molecule has 3 aromatic carbocycles. The summed E-state index contributed by atoms with van der Waals surface area (Å²) in [5.74, 6) is 0. The van der Waals surface area contributed by atoms with Crippen molar-refractivity contribution >= 4 is 5.57 Å². The maximum absolute atomic E-state index is 3.77. The van der Waals surface area contributed by atoms with Crippen molar-refractivity contribution in [1.29, 1.82) is 0 Å². The zero-order valence-corrected chi connectivity index (χ0v) is 14.7. The fourth-order valence-corrected chi connectivity index (χ4v) is 2.49. The number of hydrogen-bond acceptors (Lipinski definition) is 0. The first-order chi connectivity index (χ1) is 12.2. The molecular weight excluding hydrogens is 300 g/mol. The molecule has 0 nitrogen and oxygen atoms in total. The van der Waals surface area contributed by atoms with E-state index in [1.54, 1.807) is 6.08 Å². The summed E-state index contributed by atoms with van der Waals surface area (Å²) in [5.41, 5.74) is 6.11. The van der Waals surface area contributed by atoms with Crippen LogP contribution in [-0.4, -0.2) is 0 Å². The van der Waals surface area contributed by atoms with Gasteiger partial charge in [0.25, 0.3) is 0 Å². The van der Waals surface area contributed by atoms with E-state index in [-0.39, 0.29) is 0 Å². The fraction of sp³-hybridized carbons (Fsp3) is 0.0400. The van der Waals surface area contributed by atoms with Gasteiger partial charge in [-0.05, 0) is 29.2 Å². The van der Waals surface area contributed by atoms with Crippen LogP contribution in [0.1, 0.15) is 11.1 Å². The molecule has 0 aromatic heterocycles. The molecule has 3 aromatic rings. The minimum absolute atomic E-state index is 1.11. The summed E-state index contributed by atoms with van der Waals surface area (Å²) < 4.78 is 0. The first kappa shape index (κ1) is 18.2. The van der Waals surface area contributed by atoms with E-state index in [4.69, 9.17) is 0 Å². The molecule has 0 aliphatic carbocycles. The monoisotopic (exact) mass is 324 g/mol. The van der Waals surface area contributed by atoms with Gasteiger partial charge in [-0.15, -0.1) is 0 Å². The third-order valence-electron chi connectivity index (χ3n) is 3.75. The van der Waals surface area contributed by atoms with Gasteiger partial charge in [-0.1, -0.05) is 122 Å². The Labute approximate surface area is 151 Å². The van der Waals surface area contributed by atoms with Gasteiger partial charge in [-0.2, -0.15) is 0 Å². The highest BCUT2D eigenvalue weighted by atomic mass is 14.0. The minimum atomic E-state index is 1.11. The average molecular weight is 324 g/mol. The molecule has 0 fully saturated rings. The Bertz CT molecular complexity index is 787. The van der Waals surface area contributed by atoms with Gasteiger partial charge in [0.15, 0.2) is 0 Å². The van der Waals surface area contributed by atoms with Gasteiger partial charge in [-0.3, -0.25) is 0 Å². The third-order valence-corrected chi connectivity index (χ3v) is 3.75. The number of hydrogen-bond donors (Lipinski definition) is 0. The van der Waals surface area contributed by atoms with Crippen molar-refractivity contribution in [2.24, 2.45) is 0 Å². The highest BCUT2D eigenvalue weighted by molar-refractivity contribution is 5.74. The predicted octanol–water partition coefficient (Wildman–Crippen LogP) is 7.10. The van der Waals surface area contributed by atoms with Crippen molar-refractivity contribution in [3.8, 4) is 11.1 Å². The largest absolute Gasteiger partial charge is 0.0990 e. The maximum Gasteiger partial charge on any atom is -0.0182 e. The Kier molecular flexibility index (Phi) is 7.21. The quantitative estimate of drug-likeness (QED) is 0.449. The molecule has 0 heterocycles. The molecule has 0 aliphatic rings. The lowest BCUT2D eigenvalue weighted by Gasteiger charge is -2.02. The van der Waals surface area contributed by atoms with E-state index in [1.165, 1.54) is 22.3 Å². The second-order valence-corrected chi connectivity index (χ2v) is 5.66. The number of allylic oxidation sites excluding steroid dienone is 4. The van der Waals surface area contributed by atoms with Crippen LogP contribution >= 0.6 is 0 Å². The second kappa shape index (κ2) is 9.89. The van der Waals surface area contributed by atoms with E-state index in [0.717, 1.165) is 5.57 Å². The number of benzene rings is 3. The topological polar surface area (TPSA) is 0 Å². The van der Waals surface area contributed by atoms with E-state index < -0.39 is 0 Å². The van der Waals surface area contributed by atoms with E-state index in [2.05, 4.69) is 86.8 Å². The Morgan fingerprint density at radius 2 is 1.28 bits per heavy atom. The van der Waals surface area contributed by atoms with Crippen LogP contribution in [0.4, 0.5) is 0 Å². The normalized spacial score (nSPS) is 10.4. The lowest BCUT2D eigenvalue weighted by atomic mass is 10.0. The summed E-state index contributed by atoms with van der Waals surface area (Å²) in [6, 6.07) is 29.1. The standard InChI is InChI=1S/C13H14.C12H10/c1-4-7-12(5-2)13-9-6-8-11(3)10-13;1-3-7-11(8-4-1)12-9-5-2-6-10-12/h4-10H,1-2H2,3H3;1-10H/b12-7+;. The van der Waals surface area contributed by atoms with Crippen LogP contribution in [-0.2, 0) is 0 Å². The molecule has 25 heavy (non-hydrogen) atoms. The van der Waals surface area contributed by atoms with Crippen molar-refractivity contribution in [2.75, 3.05) is 0 Å². The summed E-state index contributed by atoms with van der Waals surface area (Å²) >= 11 is 0. The summed E-state index contributed by atoms with van der Waals surface area (Å²) in [6.45, 7) is 9.52. The Morgan fingerprint density at radius 3 is 1.72 bits per heavy atom. The molecule has 0 aliphatic heterocycles. The van der Waals surface area contributed by atoms with E-state index in [1.807, 2.05) is 30.4 Å². The van der Waals surface area contributed by atoms with Crippen molar-refractivity contribution < 1.29 is 0 Å². The zero-order chi connectivity index (χ0) is 17.9. The van der Waals surface area contributed by atoms with Gasteiger partial charge in [0.1, 0.15) is 0 Å². The Balaban J connectivity index is 0.000000181. The molecule has 0 unspecified atom stereocenters. The summed E-state index contributed by atoms with van der Waals surface area (Å²) in [4.78, 5) is 0. The molecule has 0 atom stereocenters. The fourth-order valence-electron chi connectivity index (χ4n) is 2.49. The van der Waals surface area contributed by atoms with E-state index in [9.17, 15) is 0 Å². The van der Waals surface area contributed by atoms with Crippen molar-refractivity contribution in [3.63, 3.8) is 0 Å². The molecular formula is C25H24. The molecule has 124 valence electrons. The molecule has 0 heteroatoms. The molecule has 0 saturated heterocycles. The molecule has 3 rings (SSSR count). The first-order valence-electron chi connectivity index (χ1n) is 8.37. The van der Waals surface area contributed by atoms with Gasteiger partial charge in [-0.25, -0.2) is 0 Å². The van der Waals surface area contributed by atoms with Gasteiger partial charge < -0.3 is 0 Å². The highest BCUT2D eigenvalue weighted by Gasteiger charge is 1.95. The second-order valence-electron chi connectivity index (χ2n) is 5.66. The van der Waals surface area contributed by atoms with Crippen LogP contribution < -0.4 is 0 Å². The van der Waals surface area contributed by atoms with Crippen LogP contribution in [0.2, 0.25) is 0 Å². The van der Waals surface area contributed by atoms with Crippen molar-refractivity contribution in [2.45, 2.75) is 6.92 Å². The molecule has 0 amide bonds. The van der Waals surface area contributed by atoms with Gasteiger partial charge in [0.2, 0.25) is 0 Å². The maximum atomic E-state index is 3.77. The predicted molar refractivity (Wildman–Crippen MR) is 111 cm³/mol. The lowest BCUT2D eigenvalue weighted by Crippen LogP contribution is -1.81. The molecule has 0 bridgehead atoms.